The molecule has 0 amide bonds. The molecule has 1 aromatic carbocycles. The molecule has 2 aromatic rings. The van der Waals surface area contributed by atoms with Gasteiger partial charge in [-0.05, 0) is 30.3 Å². The highest BCUT2D eigenvalue weighted by Crippen LogP contribution is 2.35. The lowest BCUT2D eigenvalue weighted by Gasteiger charge is -2.08. The van der Waals surface area contributed by atoms with Gasteiger partial charge in [-0.3, -0.25) is 4.79 Å². The minimum absolute atomic E-state index is 0.150. The van der Waals surface area contributed by atoms with Gasteiger partial charge in [-0.1, -0.05) is 0 Å². The quantitative estimate of drug-likeness (QED) is 0.586. The minimum Gasteiger partial charge on any atom is -0.297 e. The average Bonchev–Trinajstić information content (AvgIpc) is 2.76. The molecule has 1 heterocycles. The molecule has 0 bridgehead atoms. The topological polar surface area (TPSA) is 17.1 Å². The van der Waals surface area contributed by atoms with Gasteiger partial charge in [0, 0.05) is 10.4 Å². The predicted octanol–water partition coefficient (Wildman–Crippen LogP) is 4.39. The highest BCUT2D eigenvalue weighted by molar-refractivity contribution is 7.17. The van der Waals surface area contributed by atoms with Gasteiger partial charge < -0.3 is 0 Å². The van der Waals surface area contributed by atoms with Crippen LogP contribution in [0, 0.1) is 5.82 Å². The lowest BCUT2D eigenvalue weighted by molar-refractivity contribution is -0.137. The van der Waals surface area contributed by atoms with E-state index in [0.29, 0.717) is 22.1 Å². The smallest absolute Gasteiger partial charge is 0.297 e. The normalized spacial score (nSPS) is 11.6. The molecule has 0 unspecified atom stereocenters. The Balaban J connectivity index is 2.52. The van der Waals surface area contributed by atoms with Gasteiger partial charge in [-0.2, -0.15) is 13.2 Å². The summed E-state index contributed by atoms with van der Waals surface area (Å²) >= 11 is 0.944. The minimum atomic E-state index is -4.52. The van der Waals surface area contributed by atoms with Gasteiger partial charge in [0.1, 0.15) is 5.82 Å². The Morgan fingerprint density at radius 2 is 1.83 bits per heavy atom. The van der Waals surface area contributed by atoms with Crippen molar-refractivity contribution in [3.05, 3.63) is 46.6 Å². The van der Waals surface area contributed by atoms with E-state index >= 15 is 0 Å². The summed E-state index contributed by atoms with van der Waals surface area (Å²) in [4.78, 5) is 11.1. The van der Waals surface area contributed by atoms with Crippen LogP contribution in [0.4, 0.5) is 17.6 Å². The van der Waals surface area contributed by atoms with Crippen molar-refractivity contribution in [1.82, 2.24) is 0 Å². The molecule has 1 aromatic heterocycles. The van der Waals surface area contributed by atoms with Crippen LogP contribution in [0.1, 0.15) is 15.2 Å². The lowest BCUT2D eigenvalue weighted by atomic mass is 10.1. The number of carbonyl (C=O) groups is 1. The summed E-state index contributed by atoms with van der Waals surface area (Å²) in [6.07, 6.45) is -3.95. The molecule has 0 N–H and O–H groups in total. The van der Waals surface area contributed by atoms with Crippen molar-refractivity contribution in [3.63, 3.8) is 0 Å². The number of thiophene rings is 1. The Bertz CT molecular complexity index is 586. The average molecular weight is 274 g/mol. The predicted molar refractivity (Wildman–Crippen MR) is 60.1 cm³/mol. The maximum absolute atomic E-state index is 13.5. The summed E-state index contributed by atoms with van der Waals surface area (Å²) in [6, 6.07) is 5.07. The molecular formula is C12H6F4OS. The van der Waals surface area contributed by atoms with E-state index in [-0.39, 0.29) is 5.56 Å². The zero-order valence-corrected chi connectivity index (χ0v) is 9.61. The monoisotopic (exact) mass is 274 g/mol. The first-order chi connectivity index (χ1) is 8.41. The van der Waals surface area contributed by atoms with Crippen LogP contribution in [0.2, 0.25) is 0 Å². The molecule has 0 aliphatic carbocycles. The Labute approximate surface area is 104 Å². The van der Waals surface area contributed by atoms with Gasteiger partial charge in [0.2, 0.25) is 0 Å². The Hall–Kier alpha value is -1.69. The van der Waals surface area contributed by atoms with Crippen molar-refractivity contribution in [1.29, 1.82) is 0 Å². The van der Waals surface area contributed by atoms with Crippen molar-refractivity contribution in [2.75, 3.05) is 0 Å². The Kier molecular flexibility index (Phi) is 3.21. The first kappa shape index (κ1) is 12.8. The molecule has 94 valence electrons. The maximum atomic E-state index is 13.5. The fraction of sp³-hybridized carbons (Fsp3) is 0.0833. The summed E-state index contributed by atoms with van der Waals surface area (Å²) < 4.78 is 51.0. The van der Waals surface area contributed by atoms with Crippen LogP contribution in [0.3, 0.4) is 0 Å². The highest BCUT2D eigenvalue weighted by atomic mass is 32.1. The SMILES string of the molecule is O=Cc1ccc(-c2cc(C(F)(F)F)ccc2F)s1. The van der Waals surface area contributed by atoms with E-state index in [4.69, 9.17) is 0 Å². The van der Waals surface area contributed by atoms with Gasteiger partial charge in [0.05, 0.1) is 10.4 Å². The second kappa shape index (κ2) is 4.53. The van der Waals surface area contributed by atoms with Crippen molar-refractivity contribution < 1.29 is 22.4 Å². The molecule has 6 heteroatoms. The molecule has 18 heavy (non-hydrogen) atoms. The van der Waals surface area contributed by atoms with Crippen LogP contribution in [0.15, 0.2) is 30.3 Å². The Morgan fingerprint density at radius 1 is 1.11 bits per heavy atom. The van der Waals surface area contributed by atoms with Crippen LogP contribution < -0.4 is 0 Å². The van der Waals surface area contributed by atoms with Gasteiger partial charge in [-0.15, -0.1) is 11.3 Å². The van der Waals surface area contributed by atoms with E-state index in [1.165, 1.54) is 12.1 Å². The number of hydrogen-bond donors (Lipinski definition) is 0. The summed E-state index contributed by atoms with van der Waals surface area (Å²) in [5, 5.41) is 0. The van der Waals surface area contributed by atoms with Crippen molar-refractivity contribution in [2.24, 2.45) is 0 Å². The lowest BCUT2D eigenvalue weighted by Crippen LogP contribution is -2.05. The number of benzene rings is 1. The van der Waals surface area contributed by atoms with E-state index in [0.717, 1.165) is 23.5 Å². The third-order valence-electron chi connectivity index (χ3n) is 2.30. The molecule has 0 aliphatic heterocycles. The van der Waals surface area contributed by atoms with E-state index < -0.39 is 17.6 Å². The number of rotatable bonds is 2. The number of hydrogen-bond acceptors (Lipinski definition) is 2. The fourth-order valence-electron chi connectivity index (χ4n) is 1.45. The van der Waals surface area contributed by atoms with E-state index in [9.17, 15) is 22.4 Å². The standard InChI is InChI=1S/C12H6F4OS/c13-10-3-1-7(12(14,15)16)5-9(10)11-4-2-8(6-17)18-11/h1-6H. The zero-order valence-electron chi connectivity index (χ0n) is 8.79. The van der Waals surface area contributed by atoms with Crippen LogP contribution in [-0.4, -0.2) is 6.29 Å². The largest absolute Gasteiger partial charge is 0.416 e. The maximum Gasteiger partial charge on any atom is 0.416 e. The van der Waals surface area contributed by atoms with Crippen LogP contribution in [0.25, 0.3) is 10.4 Å². The molecule has 0 spiro atoms. The summed E-state index contributed by atoms with van der Waals surface area (Å²) in [5.74, 6) is -0.748. The summed E-state index contributed by atoms with van der Waals surface area (Å²) in [7, 11) is 0. The van der Waals surface area contributed by atoms with Crippen LogP contribution in [-0.2, 0) is 6.18 Å². The third-order valence-corrected chi connectivity index (χ3v) is 3.35. The van der Waals surface area contributed by atoms with Crippen molar-refractivity contribution >= 4 is 17.6 Å². The molecule has 1 nitrogen and oxygen atoms in total. The highest BCUT2D eigenvalue weighted by Gasteiger charge is 2.31. The van der Waals surface area contributed by atoms with Gasteiger partial charge in [0.15, 0.2) is 6.29 Å². The third kappa shape index (κ3) is 2.43. The number of carbonyl (C=O) groups excluding carboxylic acids is 1. The van der Waals surface area contributed by atoms with E-state index in [1.807, 2.05) is 0 Å². The van der Waals surface area contributed by atoms with E-state index in [2.05, 4.69) is 0 Å². The summed E-state index contributed by atoms with van der Waals surface area (Å²) in [6.45, 7) is 0. The second-order valence-electron chi connectivity index (χ2n) is 3.51. The van der Waals surface area contributed by atoms with E-state index in [1.54, 1.807) is 0 Å². The van der Waals surface area contributed by atoms with Crippen molar-refractivity contribution in [2.45, 2.75) is 6.18 Å². The molecule has 0 atom stereocenters. The van der Waals surface area contributed by atoms with Gasteiger partial charge in [-0.25, -0.2) is 4.39 Å². The zero-order chi connectivity index (χ0) is 13.3. The first-order valence-corrected chi connectivity index (χ1v) is 5.65. The first-order valence-electron chi connectivity index (χ1n) is 4.84. The molecule has 0 saturated carbocycles. The summed E-state index contributed by atoms with van der Waals surface area (Å²) in [5.41, 5.74) is -1.07. The molecule has 0 aliphatic rings. The number of aldehydes is 1. The molecule has 0 fully saturated rings. The molecule has 2 rings (SSSR count). The van der Waals surface area contributed by atoms with Gasteiger partial charge in [0.25, 0.3) is 0 Å². The molecule has 0 radical (unpaired) electrons. The molecule has 0 saturated heterocycles. The van der Waals surface area contributed by atoms with Crippen molar-refractivity contribution in [3.8, 4) is 10.4 Å². The number of halogens is 4. The fourth-order valence-corrected chi connectivity index (χ4v) is 2.29. The van der Waals surface area contributed by atoms with Gasteiger partial charge >= 0.3 is 6.18 Å². The number of alkyl halides is 3. The second-order valence-corrected chi connectivity index (χ2v) is 4.63. The Morgan fingerprint density at radius 3 is 2.39 bits per heavy atom. The van der Waals surface area contributed by atoms with Crippen LogP contribution in [0.5, 0.6) is 0 Å². The molecular weight excluding hydrogens is 268 g/mol. The van der Waals surface area contributed by atoms with Crippen LogP contribution >= 0.6 is 11.3 Å².